The lowest BCUT2D eigenvalue weighted by Gasteiger charge is -2.18. The Balaban J connectivity index is 1.66. The SMILES string of the molecule is O=C(N=Nc1c(O)[nH]c2ccc([N+](=O)[O-])cc12)c1ccc2c(c1)OCCO2. The topological polar surface area (TPSA) is 139 Å². The monoisotopic (exact) mass is 368 g/mol. The van der Waals surface area contributed by atoms with E-state index in [2.05, 4.69) is 15.2 Å². The summed E-state index contributed by atoms with van der Waals surface area (Å²) in [5.41, 5.74) is 0.433. The van der Waals surface area contributed by atoms with E-state index in [1.54, 1.807) is 6.07 Å². The van der Waals surface area contributed by atoms with Crippen LogP contribution in [0.25, 0.3) is 10.9 Å². The molecule has 0 aliphatic carbocycles. The van der Waals surface area contributed by atoms with Gasteiger partial charge in [0, 0.05) is 23.1 Å². The summed E-state index contributed by atoms with van der Waals surface area (Å²) in [7, 11) is 0. The molecule has 1 amide bonds. The largest absolute Gasteiger partial charge is 0.493 e. The molecule has 1 aliphatic heterocycles. The van der Waals surface area contributed by atoms with Crippen LogP contribution in [-0.2, 0) is 0 Å². The van der Waals surface area contributed by atoms with Gasteiger partial charge in [-0.15, -0.1) is 10.2 Å². The zero-order valence-electron chi connectivity index (χ0n) is 13.7. The third kappa shape index (κ3) is 3.03. The van der Waals surface area contributed by atoms with Crippen molar-refractivity contribution < 1.29 is 24.3 Å². The average Bonchev–Trinajstić information content (AvgIpc) is 2.99. The number of fused-ring (bicyclic) bond motifs is 2. The maximum Gasteiger partial charge on any atom is 0.295 e. The molecule has 3 aromatic rings. The first-order chi connectivity index (χ1) is 13.0. The molecule has 1 aromatic heterocycles. The van der Waals surface area contributed by atoms with Gasteiger partial charge in [0.25, 0.3) is 11.6 Å². The van der Waals surface area contributed by atoms with Crippen LogP contribution in [0.15, 0.2) is 46.6 Å². The number of H-pyrrole nitrogens is 1. The molecule has 136 valence electrons. The van der Waals surface area contributed by atoms with E-state index in [-0.39, 0.29) is 28.2 Å². The smallest absolute Gasteiger partial charge is 0.295 e. The zero-order valence-corrected chi connectivity index (χ0v) is 13.7. The Morgan fingerprint density at radius 1 is 1.15 bits per heavy atom. The second-order valence-corrected chi connectivity index (χ2v) is 5.67. The number of nitrogens with one attached hydrogen (secondary N) is 1. The first-order valence-electron chi connectivity index (χ1n) is 7.88. The van der Waals surface area contributed by atoms with E-state index < -0.39 is 10.8 Å². The number of azo groups is 1. The summed E-state index contributed by atoms with van der Waals surface area (Å²) in [6.45, 7) is 0.820. The van der Waals surface area contributed by atoms with Gasteiger partial charge < -0.3 is 19.6 Å². The zero-order chi connectivity index (χ0) is 19.0. The highest BCUT2D eigenvalue weighted by Crippen LogP contribution is 2.37. The number of aromatic nitrogens is 1. The highest BCUT2D eigenvalue weighted by atomic mass is 16.6. The van der Waals surface area contributed by atoms with Crippen LogP contribution in [0.3, 0.4) is 0 Å². The van der Waals surface area contributed by atoms with Gasteiger partial charge in [-0.3, -0.25) is 14.9 Å². The van der Waals surface area contributed by atoms with Crippen molar-refractivity contribution in [2.24, 2.45) is 10.2 Å². The second-order valence-electron chi connectivity index (χ2n) is 5.67. The molecule has 0 saturated heterocycles. The van der Waals surface area contributed by atoms with Crippen LogP contribution in [0.4, 0.5) is 11.4 Å². The summed E-state index contributed by atoms with van der Waals surface area (Å²) < 4.78 is 10.8. The number of nitro groups is 1. The molecule has 10 heteroatoms. The van der Waals surface area contributed by atoms with Crippen LogP contribution in [0.2, 0.25) is 0 Å². The number of nitrogens with zero attached hydrogens (tertiary/aromatic N) is 3. The summed E-state index contributed by atoms with van der Waals surface area (Å²) >= 11 is 0. The summed E-state index contributed by atoms with van der Waals surface area (Å²) in [5, 5.41) is 28.6. The molecule has 0 spiro atoms. The molecular weight excluding hydrogens is 356 g/mol. The minimum atomic E-state index is -0.661. The molecule has 27 heavy (non-hydrogen) atoms. The van der Waals surface area contributed by atoms with Crippen molar-refractivity contribution in [3.05, 3.63) is 52.1 Å². The number of amides is 1. The maximum absolute atomic E-state index is 12.3. The van der Waals surface area contributed by atoms with Crippen LogP contribution in [-0.4, -0.2) is 34.1 Å². The molecule has 0 unspecified atom stereocenters. The molecule has 2 heterocycles. The predicted octanol–water partition coefficient (Wildman–Crippen LogP) is 3.48. The second kappa shape index (κ2) is 6.41. The van der Waals surface area contributed by atoms with Gasteiger partial charge in [0.1, 0.15) is 13.2 Å². The number of benzene rings is 2. The first-order valence-corrected chi connectivity index (χ1v) is 7.88. The number of carbonyl (C=O) groups excluding carboxylic acids is 1. The summed E-state index contributed by atoms with van der Waals surface area (Å²) in [5.74, 6) is -0.0282. The first kappa shape index (κ1) is 16.5. The number of aromatic amines is 1. The van der Waals surface area contributed by atoms with Gasteiger partial charge in [0.05, 0.1) is 10.4 Å². The number of aromatic hydroxyl groups is 1. The fourth-order valence-corrected chi connectivity index (χ4v) is 2.70. The number of hydrogen-bond acceptors (Lipinski definition) is 7. The summed E-state index contributed by atoms with van der Waals surface area (Å²) in [6.07, 6.45) is 0. The van der Waals surface area contributed by atoms with Crippen molar-refractivity contribution in [3.8, 4) is 17.4 Å². The molecule has 10 nitrogen and oxygen atoms in total. The number of ether oxygens (including phenoxy) is 2. The van der Waals surface area contributed by atoms with Crippen LogP contribution >= 0.6 is 0 Å². The Morgan fingerprint density at radius 3 is 2.70 bits per heavy atom. The van der Waals surface area contributed by atoms with Gasteiger partial charge in [-0.2, -0.15) is 0 Å². The van der Waals surface area contributed by atoms with E-state index in [1.807, 2.05) is 0 Å². The minimum Gasteiger partial charge on any atom is -0.493 e. The number of nitro benzene ring substituents is 1. The normalized spacial score (nSPS) is 13.2. The summed E-state index contributed by atoms with van der Waals surface area (Å²) in [6, 6.07) is 8.59. The Bertz CT molecular complexity index is 1100. The lowest BCUT2D eigenvalue weighted by molar-refractivity contribution is -0.384. The third-order valence-electron chi connectivity index (χ3n) is 3.98. The standard InChI is InChI=1S/C17H12N4O6/c22-16(9-1-4-13-14(7-9)27-6-5-26-13)20-19-15-11-8-10(21(24)25)2-3-12(11)18-17(15)23/h1-4,7-8,18,23H,5-6H2. The number of carbonyl (C=O) groups is 1. The molecule has 0 atom stereocenters. The fraction of sp³-hybridized carbons (Fsp3) is 0.118. The lowest BCUT2D eigenvalue weighted by atomic mass is 10.2. The Kier molecular flexibility index (Phi) is 3.92. The molecule has 0 saturated carbocycles. The highest BCUT2D eigenvalue weighted by Gasteiger charge is 2.17. The van der Waals surface area contributed by atoms with Crippen molar-refractivity contribution in [2.45, 2.75) is 0 Å². The van der Waals surface area contributed by atoms with E-state index in [9.17, 15) is 20.0 Å². The van der Waals surface area contributed by atoms with Gasteiger partial charge in [-0.25, -0.2) is 0 Å². The molecule has 0 radical (unpaired) electrons. The van der Waals surface area contributed by atoms with Crippen LogP contribution in [0, 0.1) is 10.1 Å². The number of rotatable bonds is 3. The van der Waals surface area contributed by atoms with Gasteiger partial charge in [0.15, 0.2) is 17.2 Å². The number of hydrogen-bond donors (Lipinski definition) is 2. The highest BCUT2D eigenvalue weighted by molar-refractivity contribution is 5.98. The van der Waals surface area contributed by atoms with E-state index in [4.69, 9.17) is 9.47 Å². The third-order valence-corrected chi connectivity index (χ3v) is 3.98. The van der Waals surface area contributed by atoms with Gasteiger partial charge >= 0.3 is 0 Å². The predicted molar refractivity (Wildman–Crippen MR) is 92.9 cm³/mol. The quantitative estimate of drug-likeness (QED) is 0.412. The van der Waals surface area contributed by atoms with Crippen molar-refractivity contribution in [2.75, 3.05) is 13.2 Å². The van der Waals surface area contributed by atoms with E-state index in [0.29, 0.717) is 30.2 Å². The summed E-state index contributed by atoms with van der Waals surface area (Å²) in [4.78, 5) is 25.3. The number of non-ortho nitro benzene ring substituents is 1. The minimum absolute atomic E-state index is 0.0559. The van der Waals surface area contributed by atoms with E-state index in [1.165, 1.54) is 30.3 Å². The van der Waals surface area contributed by atoms with Crippen molar-refractivity contribution in [3.63, 3.8) is 0 Å². The van der Waals surface area contributed by atoms with Gasteiger partial charge in [-0.1, -0.05) is 0 Å². The molecule has 2 aromatic carbocycles. The van der Waals surface area contributed by atoms with Gasteiger partial charge in [-0.05, 0) is 24.3 Å². The Labute approximate surface area is 151 Å². The molecule has 4 rings (SSSR count). The van der Waals surface area contributed by atoms with Crippen LogP contribution in [0.5, 0.6) is 17.4 Å². The van der Waals surface area contributed by atoms with Crippen molar-refractivity contribution >= 4 is 28.2 Å². The molecule has 1 aliphatic rings. The van der Waals surface area contributed by atoms with E-state index in [0.717, 1.165) is 0 Å². The molecule has 0 fully saturated rings. The van der Waals surface area contributed by atoms with Crippen molar-refractivity contribution in [1.82, 2.24) is 4.98 Å². The Morgan fingerprint density at radius 2 is 1.93 bits per heavy atom. The van der Waals surface area contributed by atoms with Crippen molar-refractivity contribution in [1.29, 1.82) is 0 Å². The van der Waals surface area contributed by atoms with E-state index >= 15 is 0 Å². The fourth-order valence-electron chi connectivity index (χ4n) is 2.70. The lowest BCUT2D eigenvalue weighted by Crippen LogP contribution is -2.15. The van der Waals surface area contributed by atoms with Crippen LogP contribution < -0.4 is 9.47 Å². The average molecular weight is 368 g/mol. The maximum atomic E-state index is 12.3. The van der Waals surface area contributed by atoms with Crippen LogP contribution in [0.1, 0.15) is 10.4 Å². The van der Waals surface area contributed by atoms with Gasteiger partial charge in [0.2, 0.25) is 5.88 Å². The molecular formula is C17H12N4O6. The molecule has 0 bridgehead atoms. The molecule has 2 N–H and O–H groups in total. The Hall–Kier alpha value is -3.95.